The zero-order chi connectivity index (χ0) is 16.7. The number of methoxy groups -OCH3 is 1. The molecule has 2 aromatic rings. The highest BCUT2D eigenvalue weighted by atomic mass is 16.5. The number of rotatable bonds is 8. The Balaban J connectivity index is 2.05. The lowest BCUT2D eigenvalue weighted by Gasteiger charge is -2.07. The van der Waals surface area contributed by atoms with Crippen LogP contribution in [0.5, 0.6) is 0 Å². The third-order valence-electron chi connectivity index (χ3n) is 4.06. The van der Waals surface area contributed by atoms with Crippen molar-refractivity contribution in [3.05, 3.63) is 59.2 Å². The third kappa shape index (κ3) is 4.60. The Morgan fingerprint density at radius 2 is 1.78 bits per heavy atom. The first kappa shape index (κ1) is 17.1. The van der Waals surface area contributed by atoms with E-state index in [2.05, 4.69) is 0 Å². The Kier molecular flexibility index (Phi) is 6.24. The Hall–Kier alpha value is -2.26. The molecular weight excluding hydrogens is 288 g/mol. The van der Waals surface area contributed by atoms with E-state index < -0.39 is 0 Å². The minimum Gasteiger partial charge on any atom is -0.384 e. The van der Waals surface area contributed by atoms with Crippen molar-refractivity contribution in [1.29, 1.82) is 0 Å². The van der Waals surface area contributed by atoms with Gasteiger partial charge in [0.05, 0.1) is 6.61 Å². The molecule has 0 atom stereocenters. The monoisotopic (exact) mass is 310 g/mol. The molecule has 23 heavy (non-hydrogen) atoms. The smallest absolute Gasteiger partial charge is 0.163 e. The fourth-order valence-electron chi connectivity index (χ4n) is 2.55. The van der Waals surface area contributed by atoms with Gasteiger partial charge < -0.3 is 4.74 Å². The Morgan fingerprint density at radius 1 is 1.04 bits per heavy atom. The van der Waals surface area contributed by atoms with Gasteiger partial charge in [-0.1, -0.05) is 42.0 Å². The molecule has 0 aliphatic carbocycles. The quantitative estimate of drug-likeness (QED) is 0.413. The summed E-state index contributed by atoms with van der Waals surface area (Å²) in [4.78, 5) is 23.5. The normalized spacial score (nSPS) is 12.1. The zero-order valence-electron chi connectivity index (χ0n) is 13.7. The van der Waals surface area contributed by atoms with Crippen LogP contribution in [0.15, 0.2) is 53.6 Å². The summed E-state index contributed by atoms with van der Waals surface area (Å²) in [5, 5.41) is 2.20. The van der Waals surface area contributed by atoms with Crippen LogP contribution in [-0.2, 0) is 9.53 Å². The molecule has 0 aromatic heterocycles. The van der Waals surface area contributed by atoms with Crippen molar-refractivity contribution < 1.29 is 14.3 Å². The van der Waals surface area contributed by atoms with Crippen LogP contribution in [0.4, 0.5) is 0 Å². The minimum absolute atomic E-state index is 0.104. The van der Waals surface area contributed by atoms with Crippen molar-refractivity contribution in [2.45, 2.75) is 26.2 Å². The summed E-state index contributed by atoms with van der Waals surface area (Å²) < 4.78 is 5.00. The largest absolute Gasteiger partial charge is 0.384 e. The molecule has 0 spiro atoms. The van der Waals surface area contributed by atoms with Gasteiger partial charge in [-0.15, -0.1) is 0 Å². The number of carbonyl (C=O) groups is 2. The van der Waals surface area contributed by atoms with Gasteiger partial charge in [0.2, 0.25) is 0 Å². The minimum atomic E-state index is 0.104. The number of allylic oxidation sites excluding steroid dienone is 1. The summed E-state index contributed by atoms with van der Waals surface area (Å²) in [6, 6.07) is 13.8. The van der Waals surface area contributed by atoms with Gasteiger partial charge in [-0.3, -0.25) is 9.59 Å². The van der Waals surface area contributed by atoms with E-state index in [9.17, 15) is 9.59 Å². The molecule has 3 heteroatoms. The zero-order valence-corrected chi connectivity index (χ0v) is 13.7. The maximum atomic E-state index is 12.4. The molecule has 0 fully saturated rings. The molecule has 0 heterocycles. The van der Waals surface area contributed by atoms with Gasteiger partial charge in [-0.2, -0.15) is 0 Å². The highest BCUT2D eigenvalue weighted by Crippen LogP contribution is 2.19. The predicted molar refractivity (Wildman–Crippen MR) is 92.8 cm³/mol. The standard InChI is InChI=1S/C20H22O3/c1-15(19(14-21)11-12-23-2)7-10-20(22)18-9-8-16-5-3-4-6-17(16)13-18/h3-6,8-9,13-14H,7,10-12H2,1-2H3. The lowest BCUT2D eigenvalue weighted by molar-refractivity contribution is -0.105. The van der Waals surface area contributed by atoms with E-state index in [0.717, 1.165) is 33.8 Å². The molecule has 0 saturated heterocycles. The van der Waals surface area contributed by atoms with Crippen LogP contribution in [0.1, 0.15) is 36.5 Å². The number of hydrogen-bond donors (Lipinski definition) is 0. The van der Waals surface area contributed by atoms with Crippen molar-refractivity contribution in [1.82, 2.24) is 0 Å². The maximum absolute atomic E-state index is 12.4. The van der Waals surface area contributed by atoms with E-state index in [4.69, 9.17) is 4.74 Å². The second-order valence-electron chi connectivity index (χ2n) is 5.65. The summed E-state index contributed by atoms with van der Waals surface area (Å²) in [6.07, 6.45) is 2.47. The molecule has 0 amide bonds. The van der Waals surface area contributed by atoms with Gasteiger partial charge in [0.1, 0.15) is 6.29 Å². The van der Waals surface area contributed by atoms with Crippen LogP contribution in [-0.4, -0.2) is 25.8 Å². The van der Waals surface area contributed by atoms with E-state index in [-0.39, 0.29) is 5.78 Å². The van der Waals surface area contributed by atoms with Gasteiger partial charge in [-0.25, -0.2) is 0 Å². The van der Waals surface area contributed by atoms with E-state index in [1.54, 1.807) is 7.11 Å². The number of aldehydes is 1. The molecule has 2 rings (SSSR count). The molecule has 2 aromatic carbocycles. The number of hydrogen-bond acceptors (Lipinski definition) is 3. The number of Topliss-reactive ketones (excluding diaryl/α,β-unsaturated/α-hetero) is 1. The van der Waals surface area contributed by atoms with Crippen molar-refractivity contribution in [2.24, 2.45) is 0 Å². The summed E-state index contributed by atoms with van der Waals surface area (Å²) in [5.74, 6) is 0.104. The van der Waals surface area contributed by atoms with E-state index in [1.165, 1.54) is 0 Å². The lowest BCUT2D eigenvalue weighted by Crippen LogP contribution is -2.02. The van der Waals surface area contributed by atoms with Gasteiger partial charge in [0, 0.05) is 19.1 Å². The number of ketones is 1. The van der Waals surface area contributed by atoms with Crippen molar-refractivity contribution in [3.8, 4) is 0 Å². The van der Waals surface area contributed by atoms with E-state index in [1.807, 2.05) is 49.4 Å². The fourth-order valence-corrected chi connectivity index (χ4v) is 2.55. The highest BCUT2D eigenvalue weighted by Gasteiger charge is 2.09. The van der Waals surface area contributed by atoms with Crippen molar-refractivity contribution >= 4 is 22.8 Å². The van der Waals surface area contributed by atoms with Crippen molar-refractivity contribution in [2.75, 3.05) is 13.7 Å². The highest BCUT2D eigenvalue weighted by molar-refractivity contribution is 6.00. The molecule has 0 unspecified atom stereocenters. The molecule has 0 aliphatic heterocycles. The van der Waals surface area contributed by atoms with Crippen LogP contribution in [0.3, 0.4) is 0 Å². The average molecular weight is 310 g/mol. The van der Waals surface area contributed by atoms with Gasteiger partial charge in [0.25, 0.3) is 0 Å². The molecule has 0 N–H and O–H groups in total. The first-order chi connectivity index (χ1) is 11.2. The number of ether oxygens (including phenoxy) is 1. The maximum Gasteiger partial charge on any atom is 0.163 e. The Labute approximate surface area is 137 Å². The SMILES string of the molecule is COCCC(C=O)=C(C)CCC(=O)c1ccc2ccccc2c1. The summed E-state index contributed by atoms with van der Waals surface area (Å²) in [6.45, 7) is 2.43. The van der Waals surface area contributed by atoms with Crippen LogP contribution in [0.2, 0.25) is 0 Å². The van der Waals surface area contributed by atoms with E-state index >= 15 is 0 Å². The van der Waals surface area contributed by atoms with E-state index in [0.29, 0.717) is 25.9 Å². The fraction of sp³-hybridized carbons (Fsp3) is 0.300. The predicted octanol–water partition coefficient (Wildman–Crippen LogP) is 4.35. The van der Waals surface area contributed by atoms with Gasteiger partial charge in [-0.05, 0) is 42.2 Å². The molecule has 3 nitrogen and oxygen atoms in total. The first-order valence-electron chi connectivity index (χ1n) is 7.80. The number of benzene rings is 2. The van der Waals surface area contributed by atoms with Crippen molar-refractivity contribution in [3.63, 3.8) is 0 Å². The summed E-state index contributed by atoms with van der Waals surface area (Å²) >= 11 is 0. The Bertz CT molecular complexity index is 728. The molecule has 0 bridgehead atoms. The second-order valence-corrected chi connectivity index (χ2v) is 5.65. The molecule has 0 saturated carbocycles. The molecule has 0 radical (unpaired) electrons. The number of carbonyl (C=O) groups excluding carboxylic acids is 2. The molecule has 0 aliphatic rings. The summed E-state index contributed by atoms with van der Waals surface area (Å²) in [5.41, 5.74) is 2.42. The van der Waals surface area contributed by atoms with Gasteiger partial charge >= 0.3 is 0 Å². The average Bonchev–Trinajstić information content (AvgIpc) is 2.59. The molecule has 120 valence electrons. The molecular formula is C20H22O3. The van der Waals surface area contributed by atoms with Crippen LogP contribution < -0.4 is 0 Å². The van der Waals surface area contributed by atoms with Crippen LogP contribution in [0, 0.1) is 0 Å². The van der Waals surface area contributed by atoms with Crippen LogP contribution >= 0.6 is 0 Å². The lowest BCUT2D eigenvalue weighted by atomic mass is 9.98. The first-order valence-corrected chi connectivity index (χ1v) is 7.80. The third-order valence-corrected chi connectivity index (χ3v) is 4.06. The van der Waals surface area contributed by atoms with Crippen LogP contribution in [0.25, 0.3) is 10.8 Å². The van der Waals surface area contributed by atoms with Gasteiger partial charge in [0.15, 0.2) is 5.78 Å². The second kappa shape index (κ2) is 8.39. The summed E-state index contributed by atoms with van der Waals surface area (Å²) in [7, 11) is 1.61. The topological polar surface area (TPSA) is 43.4 Å². The number of fused-ring (bicyclic) bond motifs is 1. The Morgan fingerprint density at radius 3 is 2.48 bits per heavy atom.